The Labute approximate surface area is 112 Å². The van der Waals surface area contributed by atoms with E-state index in [1.807, 2.05) is 6.07 Å². The molecule has 2 aromatic carbocycles. The van der Waals surface area contributed by atoms with Crippen molar-refractivity contribution in [1.82, 2.24) is 0 Å². The van der Waals surface area contributed by atoms with Gasteiger partial charge in [-0.2, -0.15) is 0 Å². The first-order valence-corrected chi connectivity index (χ1v) is 5.82. The van der Waals surface area contributed by atoms with Crippen LogP contribution in [0.4, 0.5) is 0 Å². The van der Waals surface area contributed by atoms with Crippen LogP contribution in [0.25, 0.3) is 0 Å². The first-order valence-electron chi connectivity index (χ1n) is 5.44. The second-order valence-corrected chi connectivity index (χ2v) is 4.20. The summed E-state index contributed by atoms with van der Waals surface area (Å²) in [5.74, 6) is -0.835. The van der Waals surface area contributed by atoms with Gasteiger partial charge in [-0.25, -0.2) is 0 Å². The van der Waals surface area contributed by atoms with Gasteiger partial charge in [-0.1, -0.05) is 41.9 Å². The minimum Gasteiger partial charge on any atom is -0.427 e. The van der Waals surface area contributed by atoms with Crippen LogP contribution in [0.5, 0.6) is 5.75 Å². The molecule has 0 bridgehead atoms. The third kappa shape index (κ3) is 3.14. The van der Waals surface area contributed by atoms with Gasteiger partial charge in [-0.3, -0.25) is 4.79 Å². The zero-order valence-corrected chi connectivity index (χ0v) is 10.3. The molecule has 2 radical (unpaired) electrons. The topological polar surface area (TPSA) is 26.3 Å². The quantitative estimate of drug-likeness (QED) is 0.479. The van der Waals surface area contributed by atoms with Crippen molar-refractivity contribution in [2.45, 2.75) is 5.82 Å². The van der Waals surface area contributed by atoms with Crippen molar-refractivity contribution in [2.75, 3.05) is 0 Å². The summed E-state index contributed by atoms with van der Waals surface area (Å²) >= 11 is 5.77. The molecule has 0 aliphatic carbocycles. The van der Waals surface area contributed by atoms with Crippen molar-refractivity contribution in [1.29, 1.82) is 0 Å². The van der Waals surface area contributed by atoms with Crippen LogP contribution >= 0.6 is 11.6 Å². The van der Waals surface area contributed by atoms with Crippen LogP contribution in [0, 0.1) is 0 Å². The van der Waals surface area contributed by atoms with Gasteiger partial charge in [0.25, 0.3) is 0 Å². The van der Waals surface area contributed by atoms with Crippen molar-refractivity contribution in [3.05, 3.63) is 65.2 Å². The summed E-state index contributed by atoms with van der Waals surface area (Å²) < 4.78 is 5.16. The molecule has 18 heavy (non-hydrogen) atoms. The average Bonchev–Trinajstić information content (AvgIpc) is 2.40. The molecule has 0 aliphatic rings. The van der Waals surface area contributed by atoms with Crippen molar-refractivity contribution < 1.29 is 9.53 Å². The summed E-state index contributed by atoms with van der Waals surface area (Å²) in [5, 5.41) is 0.599. The second-order valence-electron chi connectivity index (χ2n) is 3.76. The van der Waals surface area contributed by atoms with Crippen LogP contribution in [0.1, 0.15) is 11.4 Å². The van der Waals surface area contributed by atoms with E-state index >= 15 is 0 Å². The predicted octanol–water partition coefficient (Wildman–Crippen LogP) is 3.16. The van der Waals surface area contributed by atoms with Crippen LogP contribution in [-0.4, -0.2) is 13.8 Å². The van der Waals surface area contributed by atoms with Crippen LogP contribution in [0.15, 0.2) is 54.6 Å². The Bertz CT molecular complexity index is 525. The molecule has 0 spiro atoms. The number of halogens is 1. The van der Waals surface area contributed by atoms with Gasteiger partial charge < -0.3 is 4.74 Å². The highest BCUT2D eigenvalue weighted by Gasteiger charge is 2.16. The molecule has 2 rings (SSSR count). The lowest BCUT2D eigenvalue weighted by Crippen LogP contribution is -2.18. The third-order valence-electron chi connectivity index (χ3n) is 2.44. The zero-order chi connectivity index (χ0) is 13.0. The molecular formula is C14H10BClO2. The van der Waals surface area contributed by atoms with E-state index in [9.17, 15) is 4.79 Å². The van der Waals surface area contributed by atoms with Gasteiger partial charge in [0.1, 0.15) is 5.75 Å². The van der Waals surface area contributed by atoms with Crippen LogP contribution in [-0.2, 0) is 4.79 Å². The van der Waals surface area contributed by atoms with E-state index in [0.717, 1.165) is 0 Å². The fourth-order valence-corrected chi connectivity index (χ4v) is 1.60. The lowest BCUT2D eigenvalue weighted by Gasteiger charge is -2.11. The predicted molar refractivity (Wildman–Crippen MR) is 72.0 cm³/mol. The Kier molecular flexibility index (Phi) is 4.05. The van der Waals surface area contributed by atoms with Crippen molar-refractivity contribution in [3.63, 3.8) is 0 Å². The van der Waals surface area contributed by atoms with E-state index < -0.39 is 11.8 Å². The first kappa shape index (κ1) is 12.7. The second kappa shape index (κ2) is 5.74. The fourth-order valence-electron chi connectivity index (χ4n) is 1.47. The van der Waals surface area contributed by atoms with Crippen LogP contribution in [0.3, 0.4) is 0 Å². The van der Waals surface area contributed by atoms with Gasteiger partial charge in [-0.05, 0) is 29.8 Å². The molecule has 0 aliphatic heterocycles. The molecule has 1 atom stereocenters. The van der Waals surface area contributed by atoms with Crippen molar-refractivity contribution in [2.24, 2.45) is 0 Å². The molecule has 88 valence electrons. The third-order valence-corrected chi connectivity index (χ3v) is 2.70. The molecule has 0 N–H and O–H groups in total. The molecule has 2 aromatic rings. The number of para-hydroxylation sites is 1. The molecule has 0 amide bonds. The van der Waals surface area contributed by atoms with Crippen molar-refractivity contribution >= 4 is 25.4 Å². The van der Waals surface area contributed by atoms with Crippen LogP contribution < -0.4 is 4.74 Å². The summed E-state index contributed by atoms with van der Waals surface area (Å²) in [6.07, 6.45) is 0. The Morgan fingerprint density at radius 1 is 1.06 bits per heavy atom. The maximum absolute atomic E-state index is 11.8. The van der Waals surface area contributed by atoms with E-state index in [2.05, 4.69) is 0 Å². The molecule has 0 fully saturated rings. The van der Waals surface area contributed by atoms with Crippen molar-refractivity contribution in [3.8, 4) is 5.75 Å². The summed E-state index contributed by atoms with van der Waals surface area (Å²) in [6, 6.07) is 15.6. The van der Waals surface area contributed by atoms with Gasteiger partial charge >= 0.3 is 5.97 Å². The molecule has 2 nitrogen and oxygen atoms in total. The zero-order valence-electron chi connectivity index (χ0n) is 9.55. The Balaban J connectivity index is 2.07. The molecule has 0 heterocycles. The highest BCUT2D eigenvalue weighted by atomic mass is 35.5. The molecule has 0 saturated heterocycles. The Morgan fingerprint density at radius 2 is 1.67 bits per heavy atom. The molecule has 4 heteroatoms. The fraction of sp³-hybridized carbons (Fsp3) is 0.0714. The number of hydrogen-bond donors (Lipinski definition) is 0. The molecule has 0 unspecified atom stereocenters. The van der Waals surface area contributed by atoms with Gasteiger partial charge in [0.15, 0.2) is 0 Å². The van der Waals surface area contributed by atoms with E-state index in [4.69, 9.17) is 24.2 Å². The standard InChI is InChI=1S/C14H10BClO2/c15-13(10-6-8-11(16)9-7-10)14(17)18-12-4-2-1-3-5-12/h1-9,13H/t13-/m1/s1. The summed E-state index contributed by atoms with van der Waals surface area (Å²) in [7, 11) is 5.82. The number of carbonyl (C=O) groups is 1. The van der Waals surface area contributed by atoms with E-state index in [1.165, 1.54) is 0 Å². The van der Waals surface area contributed by atoms with E-state index in [0.29, 0.717) is 16.3 Å². The highest BCUT2D eigenvalue weighted by Crippen LogP contribution is 2.19. The SMILES string of the molecule is [B][C@@H](C(=O)Oc1ccccc1)c1ccc(Cl)cc1. The smallest absolute Gasteiger partial charge is 0.309 e. The minimum atomic E-state index is -0.817. The number of carbonyl (C=O) groups excluding carboxylic acids is 1. The molecular weight excluding hydrogens is 246 g/mol. The summed E-state index contributed by atoms with van der Waals surface area (Å²) in [5.41, 5.74) is 0.667. The summed E-state index contributed by atoms with van der Waals surface area (Å²) in [6.45, 7) is 0. The van der Waals surface area contributed by atoms with E-state index in [1.54, 1.807) is 48.5 Å². The maximum atomic E-state index is 11.8. The van der Waals surface area contributed by atoms with Gasteiger partial charge in [0, 0.05) is 10.8 Å². The maximum Gasteiger partial charge on any atom is 0.309 e. The van der Waals surface area contributed by atoms with Gasteiger partial charge in [-0.15, -0.1) is 0 Å². The monoisotopic (exact) mass is 256 g/mol. The Hall–Kier alpha value is -1.74. The lowest BCUT2D eigenvalue weighted by atomic mass is 9.81. The average molecular weight is 256 g/mol. The number of esters is 1. The largest absolute Gasteiger partial charge is 0.427 e. The number of hydrogen-bond acceptors (Lipinski definition) is 2. The lowest BCUT2D eigenvalue weighted by molar-refractivity contribution is -0.134. The number of rotatable bonds is 3. The normalized spacial score (nSPS) is 11.8. The number of benzene rings is 2. The van der Waals surface area contributed by atoms with Gasteiger partial charge in [0.2, 0.25) is 0 Å². The first-order chi connectivity index (χ1) is 8.66. The van der Waals surface area contributed by atoms with Gasteiger partial charge in [0.05, 0.1) is 7.85 Å². The van der Waals surface area contributed by atoms with Crippen LogP contribution in [0.2, 0.25) is 5.02 Å². The highest BCUT2D eigenvalue weighted by molar-refractivity contribution is 6.30. The molecule has 0 saturated carbocycles. The summed E-state index contributed by atoms with van der Waals surface area (Å²) in [4.78, 5) is 11.8. The Morgan fingerprint density at radius 3 is 2.28 bits per heavy atom. The molecule has 0 aromatic heterocycles. The van der Waals surface area contributed by atoms with E-state index in [-0.39, 0.29) is 0 Å². The number of ether oxygens (including phenoxy) is 1. The minimum absolute atomic E-state index is 0.479.